The van der Waals surface area contributed by atoms with Crippen molar-refractivity contribution in [2.75, 3.05) is 6.54 Å². The number of rotatable bonds is 3. The Hall–Kier alpha value is -1.56. The number of carbonyl (C=O) groups is 2. The molecule has 1 aliphatic heterocycles. The van der Waals surface area contributed by atoms with E-state index in [2.05, 4.69) is 5.32 Å². The molecule has 6 heteroatoms. The number of likely N-dealkylation sites (tertiary alicyclic amines) is 1. The van der Waals surface area contributed by atoms with Crippen LogP contribution in [-0.4, -0.2) is 34.1 Å². The van der Waals surface area contributed by atoms with Crippen molar-refractivity contribution in [1.29, 1.82) is 0 Å². The van der Waals surface area contributed by atoms with Gasteiger partial charge in [0.15, 0.2) is 0 Å². The van der Waals surface area contributed by atoms with Crippen molar-refractivity contribution in [3.8, 4) is 0 Å². The fourth-order valence-electron chi connectivity index (χ4n) is 2.38. The Balaban J connectivity index is 2.06. The van der Waals surface area contributed by atoms with E-state index in [0.29, 0.717) is 13.0 Å². The van der Waals surface area contributed by atoms with E-state index in [1.165, 1.54) is 4.90 Å². The maximum Gasteiger partial charge on any atom is 0.329 e. The minimum absolute atomic E-state index is 0.114. The van der Waals surface area contributed by atoms with Crippen molar-refractivity contribution >= 4 is 23.3 Å². The molecule has 0 bridgehead atoms. The maximum absolute atomic E-state index is 12.2. The van der Waals surface area contributed by atoms with Crippen LogP contribution in [0.4, 0.5) is 4.79 Å². The van der Waals surface area contributed by atoms with Crippen LogP contribution >= 0.6 is 11.3 Å². The molecule has 19 heavy (non-hydrogen) atoms. The van der Waals surface area contributed by atoms with Gasteiger partial charge in [0.1, 0.15) is 5.54 Å². The van der Waals surface area contributed by atoms with Gasteiger partial charge in [-0.05, 0) is 49.1 Å². The summed E-state index contributed by atoms with van der Waals surface area (Å²) >= 11 is 1.57. The van der Waals surface area contributed by atoms with Gasteiger partial charge in [-0.25, -0.2) is 9.59 Å². The Labute approximate surface area is 116 Å². The van der Waals surface area contributed by atoms with E-state index in [0.717, 1.165) is 12.0 Å². The average Bonchev–Trinajstić information content (AvgIpc) is 2.97. The van der Waals surface area contributed by atoms with Gasteiger partial charge < -0.3 is 15.3 Å². The molecule has 104 valence electrons. The average molecular weight is 282 g/mol. The zero-order valence-corrected chi connectivity index (χ0v) is 11.9. The van der Waals surface area contributed by atoms with E-state index < -0.39 is 11.5 Å². The van der Waals surface area contributed by atoms with Crippen LogP contribution in [0.2, 0.25) is 0 Å². The predicted octanol–water partition coefficient (Wildman–Crippen LogP) is 2.46. The zero-order chi connectivity index (χ0) is 14.0. The number of nitrogens with zero attached hydrogens (tertiary/aromatic N) is 1. The number of carboxylic acid groups (broad SMARTS) is 1. The van der Waals surface area contributed by atoms with E-state index in [9.17, 15) is 14.7 Å². The number of hydrogen-bond acceptors (Lipinski definition) is 3. The second kappa shape index (κ2) is 5.21. The molecule has 1 saturated heterocycles. The standard InChI is InChI=1S/C13H18N2O3S/c1-9(10-4-7-19-8-10)14-12(18)15-6-3-5-13(15,2)11(16)17/h4,7-9H,3,5-6H2,1-2H3,(H,14,18)(H,16,17). The lowest BCUT2D eigenvalue weighted by Gasteiger charge is -2.32. The second-order valence-corrected chi connectivity index (χ2v) is 5.84. The van der Waals surface area contributed by atoms with Gasteiger partial charge in [0.05, 0.1) is 6.04 Å². The molecule has 2 rings (SSSR count). The van der Waals surface area contributed by atoms with Crippen molar-refractivity contribution in [2.45, 2.75) is 38.3 Å². The maximum atomic E-state index is 12.2. The van der Waals surface area contributed by atoms with Crippen LogP contribution < -0.4 is 5.32 Å². The topological polar surface area (TPSA) is 69.6 Å². The van der Waals surface area contributed by atoms with E-state index in [-0.39, 0.29) is 12.1 Å². The zero-order valence-electron chi connectivity index (χ0n) is 11.0. The van der Waals surface area contributed by atoms with Crippen LogP contribution in [0.15, 0.2) is 16.8 Å². The lowest BCUT2D eigenvalue weighted by molar-refractivity contribution is -0.147. The van der Waals surface area contributed by atoms with Gasteiger partial charge in [0, 0.05) is 6.54 Å². The number of amides is 2. The first kappa shape index (κ1) is 13.9. The number of hydrogen-bond donors (Lipinski definition) is 2. The molecule has 2 N–H and O–H groups in total. The first-order valence-corrected chi connectivity index (χ1v) is 7.23. The Morgan fingerprint density at radius 2 is 2.32 bits per heavy atom. The minimum atomic E-state index is -1.08. The van der Waals surface area contributed by atoms with Crippen LogP contribution in [0.5, 0.6) is 0 Å². The molecule has 2 atom stereocenters. The summed E-state index contributed by atoms with van der Waals surface area (Å²) in [7, 11) is 0. The quantitative estimate of drug-likeness (QED) is 0.894. The van der Waals surface area contributed by atoms with Gasteiger partial charge in [0.25, 0.3) is 0 Å². The highest BCUT2D eigenvalue weighted by molar-refractivity contribution is 7.07. The first-order chi connectivity index (χ1) is 8.95. The Bertz CT molecular complexity index is 474. The third kappa shape index (κ3) is 2.58. The van der Waals surface area contributed by atoms with Crippen LogP contribution in [0.3, 0.4) is 0 Å². The summed E-state index contributed by atoms with van der Waals surface area (Å²) in [6, 6.07) is 1.54. The van der Waals surface area contributed by atoms with Gasteiger partial charge in [0.2, 0.25) is 0 Å². The van der Waals surface area contributed by atoms with Crippen molar-refractivity contribution < 1.29 is 14.7 Å². The summed E-state index contributed by atoms with van der Waals surface area (Å²) in [6.07, 6.45) is 1.23. The lowest BCUT2D eigenvalue weighted by Crippen LogP contribution is -2.54. The molecule has 5 nitrogen and oxygen atoms in total. The Kier molecular flexibility index (Phi) is 3.80. The number of nitrogens with one attached hydrogen (secondary N) is 1. The SMILES string of the molecule is CC(NC(=O)N1CCCC1(C)C(=O)O)c1ccsc1. The van der Waals surface area contributed by atoms with Crippen LogP contribution in [0, 0.1) is 0 Å². The molecular formula is C13H18N2O3S. The number of carboxylic acids is 1. The molecule has 1 aromatic heterocycles. The Morgan fingerprint density at radius 1 is 1.58 bits per heavy atom. The summed E-state index contributed by atoms with van der Waals surface area (Å²) < 4.78 is 0. The van der Waals surface area contributed by atoms with E-state index in [4.69, 9.17) is 0 Å². The van der Waals surface area contributed by atoms with Crippen LogP contribution in [0.25, 0.3) is 0 Å². The highest BCUT2D eigenvalue weighted by Crippen LogP contribution is 2.29. The highest BCUT2D eigenvalue weighted by Gasteiger charge is 2.46. The lowest BCUT2D eigenvalue weighted by atomic mass is 10.00. The van der Waals surface area contributed by atoms with Crippen molar-refractivity contribution in [2.24, 2.45) is 0 Å². The third-order valence-electron chi connectivity index (χ3n) is 3.73. The summed E-state index contributed by atoms with van der Waals surface area (Å²) in [5.41, 5.74) is -0.0482. The summed E-state index contributed by atoms with van der Waals surface area (Å²) in [5, 5.41) is 16.1. The molecule has 1 aromatic rings. The number of urea groups is 1. The summed E-state index contributed by atoms with van der Waals surface area (Å²) in [6.45, 7) is 4.00. The Morgan fingerprint density at radius 3 is 2.89 bits per heavy atom. The normalized spacial score (nSPS) is 24.2. The molecule has 0 spiro atoms. The number of carbonyl (C=O) groups excluding carboxylic acids is 1. The number of thiophene rings is 1. The number of aliphatic carboxylic acids is 1. The fraction of sp³-hybridized carbons (Fsp3) is 0.538. The van der Waals surface area contributed by atoms with E-state index in [1.54, 1.807) is 18.3 Å². The fourth-order valence-corrected chi connectivity index (χ4v) is 3.13. The smallest absolute Gasteiger partial charge is 0.329 e. The molecule has 0 saturated carbocycles. The van der Waals surface area contributed by atoms with E-state index in [1.807, 2.05) is 23.8 Å². The van der Waals surface area contributed by atoms with Crippen molar-refractivity contribution in [3.63, 3.8) is 0 Å². The molecule has 1 fully saturated rings. The van der Waals surface area contributed by atoms with Gasteiger partial charge >= 0.3 is 12.0 Å². The van der Waals surface area contributed by atoms with Crippen molar-refractivity contribution in [1.82, 2.24) is 10.2 Å². The minimum Gasteiger partial charge on any atom is -0.480 e. The monoisotopic (exact) mass is 282 g/mol. The summed E-state index contributed by atoms with van der Waals surface area (Å²) in [4.78, 5) is 25.0. The molecule has 0 aliphatic carbocycles. The van der Waals surface area contributed by atoms with Gasteiger partial charge in [-0.15, -0.1) is 0 Å². The van der Waals surface area contributed by atoms with E-state index >= 15 is 0 Å². The van der Waals surface area contributed by atoms with Gasteiger partial charge in [-0.3, -0.25) is 0 Å². The van der Waals surface area contributed by atoms with Crippen LogP contribution in [0.1, 0.15) is 38.3 Å². The third-order valence-corrected chi connectivity index (χ3v) is 4.43. The van der Waals surface area contributed by atoms with Gasteiger partial charge in [-0.2, -0.15) is 11.3 Å². The molecular weight excluding hydrogens is 264 g/mol. The highest BCUT2D eigenvalue weighted by atomic mass is 32.1. The van der Waals surface area contributed by atoms with Gasteiger partial charge in [-0.1, -0.05) is 0 Å². The molecule has 2 heterocycles. The van der Waals surface area contributed by atoms with Crippen molar-refractivity contribution in [3.05, 3.63) is 22.4 Å². The molecule has 1 aliphatic rings. The predicted molar refractivity (Wildman–Crippen MR) is 73.2 cm³/mol. The second-order valence-electron chi connectivity index (χ2n) is 5.06. The summed E-state index contributed by atoms with van der Waals surface area (Å²) in [5.74, 6) is -0.941. The molecule has 0 radical (unpaired) electrons. The first-order valence-electron chi connectivity index (χ1n) is 6.29. The largest absolute Gasteiger partial charge is 0.480 e. The van der Waals surface area contributed by atoms with Crippen LogP contribution in [-0.2, 0) is 4.79 Å². The molecule has 2 amide bonds. The molecule has 0 aromatic carbocycles. The molecule has 2 unspecified atom stereocenters.